The summed E-state index contributed by atoms with van der Waals surface area (Å²) in [5, 5.41) is 4.67. The smallest absolute Gasteiger partial charge is 0.255 e. The van der Waals surface area contributed by atoms with Crippen LogP contribution in [0.15, 0.2) is 72.1 Å². The van der Waals surface area contributed by atoms with Gasteiger partial charge in [0, 0.05) is 11.1 Å². The van der Waals surface area contributed by atoms with Gasteiger partial charge in [-0.15, -0.1) is 11.3 Å². The molecule has 0 aliphatic heterocycles. The van der Waals surface area contributed by atoms with Gasteiger partial charge in [-0.05, 0) is 35.7 Å². The number of para-hydroxylation sites is 1. The Balaban J connectivity index is 1.89. The Kier molecular flexibility index (Phi) is 4.12. The minimum absolute atomic E-state index is 0.0843. The molecule has 1 heterocycles. The van der Waals surface area contributed by atoms with E-state index in [2.05, 4.69) is 5.32 Å². The van der Waals surface area contributed by atoms with Crippen molar-refractivity contribution in [1.29, 1.82) is 0 Å². The van der Waals surface area contributed by atoms with E-state index < -0.39 is 0 Å². The first-order valence-corrected chi connectivity index (χ1v) is 7.67. The summed E-state index contributed by atoms with van der Waals surface area (Å²) in [5.41, 5.74) is 1.57. The number of amides is 1. The van der Waals surface area contributed by atoms with Gasteiger partial charge in [0.1, 0.15) is 0 Å². The first kappa shape index (κ1) is 14.2. The third kappa shape index (κ3) is 2.97. The predicted molar refractivity (Wildman–Crippen MR) is 88.6 cm³/mol. The van der Waals surface area contributed by atoms with E-state index in [0.29, 0.717) is 21.7 Å². The zero-order chi connectivity index (χ0) is 15.4. The molecule has 3 aromatic rings. The lowest BCUT2D eigenvalue weighted by atomic mass is 10.1. The number of benzene rings is 2. The fourth-order valence-corrected chi connectivity index (χ4v) is 2.79. The average molecular weight is 307 g/mol. The van der Waals surface area contributed by atoms with Crippen molar-refractivity contribution in [1.82, 2.24) is 0 Å². The summed E-state index contributed by atoms with van der Waals surface area (Å²) >= 11 is 1.39. The molecule has 0 radical (unpaired) electrons. The number of rotatable bonds is 4. The number of carbonyl (C=O) groups is 2. The van der Waals surface area contributed by atoms with Gasteiger partial charge in [-0.3, -0.25) is 9.59 Å². The first-order valence-electron chi connectivity index (χ1n) is 6.79. The molecular weight excluding hydrogens is 294 g/mol. The molecule has 0 aliphatic carbocycles. The molecule has 3 rings (SSSR count). The number of anilines is 1. The highest BCUT2D eigenvalue weighted by molar-refractivity contribution is 7.12. The maximum Gasteiger partial charge on any atom is 0.255 e. The lowest BCUT2D eigenvalue weighted by Gasteiger charge is -2.09. The fraction of sp³-hybridized carbons (Fsp3) is 0. The SMILES string of the molecule is O=C(Nc1ccccc1C(=O)c1cccs1)c1ccccc1. The fourth-order valence-electron chi connectivity index (χ4n) is 2.11. The quantitative estimate of drug-likeness (QED) is 0.733. The molecule has 3 nitrogen and oxygen atoms in total. The molecule has 0 bridgehead atoms. The Labute approximate surface area is 132 Å². The summed E-state index contributed by atoms with van der Waals surface area (Å²) in [4.78, 5) is 25.4. The van der Waals surface area contributed by atoms with E-state index in [-0.39, 0.29) is 11.7 Å². The highest BCUT2D eigenvalue weighted by Crippen LogP contribution is 2.22. The second kappa shape index (κ2) is 6.37. The van der Waals surface area contributed by atoms with Gasteiger partial charge < -0.3 is 5.32 Å². The number of thiophene rings is 1. The standard InChI is InChI=1S/C18H13NO2S/c20-17(16-11-6-12-22-16)14-9-4-5-10-15(14)19-18(21)13-7-2-1-3-8-13/h1-12H,(H,19,21). The molecule has 0 spiro atoms. The van der Waals surface area contributed by atoms with E-state index in [9.17, 15) is 9.59 Å². The number of nitrogens with one attached hydrogen (secondary N) is 1. The number of hydrogen-bond donors (Lipinski definition) is 1. The maximum atomic E-state index is 12.5. The van der Waals surface area contributed by atoms with Crippen LogP contribution in [0.1, 0.15) is 25.6 Å². The predicted octanol–water partition coefficient (Wildman–Crippen LogP) is 4.23. The van der Waals surface area contributed by atoms with Gasteiger partial charge in [-0.25, -0.2) is 0 Å². The Morgan fingerprint density at radius 2 is 1.55 bits per heavy atom. The molecule has 0 saturated carbocycles. The van der Waals surface area contributed by atoms with Gasteiger partial charge >= 0.3 is 0 Å². The Bertz CT molecular complexity index is 795. The lowest BCUT2D eigenvalue weighted by molar-refractivity contribution is 0.102. The van der Waals surface area contributed by atoms with Crippen molar-refractivity contribution in [3.8, 4) is 0 Å². The van der Waals surface area contributed by atoms with E-state index >= 15 is 0 Å². The number of ketones is 1. The van der Waals surface area contributed by atoms with E-state index in [1.165, 1.54) is 11.3 Å². The van der Waals surface area contributed by atoms with Crippen LogP contribution in [0.4, 0.5) is 5.69 Å². The van der Waals surface area contributed by atoms with Crippen molar-refractivity contribution in [3.05, 3.63) is 88.1 Å². The van der Waals surface area contributed by atoms with Crippen LogP contribution in [0.2, 0.25) is 0 Å². The van der Waals surface area contributed by atoms with E-state index in [1.807, 2.05) is 17.5 Å². The Morgan fingerprint density at radius 3 is 2.27 bits per heavy atom. The van der Waals surface area contributed by atoms with Crippen LogP contribution >= 0.6 is 11.3 Å². The zero-order valence-electron chi connectivity index (χ0n) is 11.7. The second-order valence-electron chi connectivity index (χ2n) is 4.67. The third-order valence-electron chi connectivity index (χ3n) is 3.20. The van der Waals surface area contributed by atoms with Crippen LogP contribution < -0.4 is 5.32 Å². The van der Waals surface area contributed by atoms with Gasteiger partial charge in [0.25, 0.3) is 5.91 Å². The summed E-state index contributed by atoms with van der Waals surface area (Å²) < 4.78 is 0. The molecular formula is C18H13NO2S. The van der Waals surface area contributed by atoms with Crippen LogP contribution in [0.25, 0.3) is 0 Å². The van der Waals surface area contributed by atoms with Gasteiger partial charge in [0.15, 0.2) is 0 Å². The minimum Gasteiger partial charge on any atom is -0.321 e. The first-order chi connectivity index (χ1) is 10.8. The summed E-state index contributed by atoms with van der Waals surface area (Å²) in [7, 11) is 0. The number of hydrogen-bond acceptors (Lipinski definition) is 3. The minimum atomic E-state index is -0.230. The molecule has 0 unspecified atom stereocenters. The molecule has 22 heavy (non-hydrogen) atoms. The van der Waals surface area contributed by atoms with Crippen LogP contribution in [0.3, 0.4) is 0 Å². The van der Waals surface area contributed by atoms with Gasteiger partial charge in [0.2, 0.25) is 5.78 Å². The van der Waals surface area contributed by atoms with E-state index in [1.54, 1.807) is 54.6 Å². The third-order valence-corrected chi connectivity index (χ3v) is 4.07. The molecule has 108 valence electrons. The highest BCUT2D eigenvalue weighted by atomic mass is 32.1. The summed E-state index contributed by atoms with van der Waals surface area (Å²) in [6, 6.07) is 19.6. The van der Waals surface area contributed by atoms with Gasteiger partial charge in [-0.1, -0.05) is 36.4 Å². The van der Waals surface area contributed by atoms with Crippen molar-refractivity contribution in [2.24, 2.45) is 0 Å². The number of carbonyl (C=O) groups excluding carboxylic acids is 2. The zero-order valence-corrected chi connectivity index (χ0v) is 12.5. The molecule has 0 fully saturated rings. The molecule has 1 amide bonds. The van der Waals surface area contributed by atoms with Gasteiger partial charge in [0.05, 0.1) is 10.6 Å². The lowest BCUT2D eigenvalue weighted by Crippen LogP contribution is -2.14. The summed E-state index contributed by atoms with van der Waals surface area (Å²) in [5.74, 6) is -0.314. The van der Waals surface area contributed by atoms with Crippen LogP contribution in [0.5, 0.6) is 0 Å². The molecule has 0 saturated heterocycles. The largest absolute Gasteiger partial charge is 0.321 e. The van der Waals surface area contributed by atoms with E-state index in [0.717, 1.165) is 0 Å². The van der Waals surface area contributed by atoms with Crippen LogP contribution in [-0.2, 0) is 0 Å². The average Bonchev–Trinajstić information content (AvgIpc) is 3.10. The van der Waals surface area contributed by atoms with Crippen molar-refractivity contribution in [2.45, 2.75) is 0 Å². The van der Waals surface area contributed by atoms with Crippen molar-refractivity contribution >= 4 is 28.7 Å². The topological polar surface area (TPSA) is 46.2 Å². The highest BCUT2D eigenvalue weighted by Gasteiger charge is 2.16. The Morgan fingerprint density at radius 1 is 0.818 bits per heavy atom. The second-order valence-corrected chi connectivity index (χ2v) is 5.62. The van der Waals surface area contributed by atoms with Crippen LogP contribution in [-0.4, -0.2) is 11.7 Å². The molecule has 1 N–H and O–H groups in total. The Hall–Kier alpha value is -2.72. The summed E-state index contributed by atoms with van der Waals surface area (Å²) in [6.07, 6.45) is 0. The maximum absolute atomic E-state index is 12.5. The monoisotopic (exact) mass is 307 g/mol. The van der Waals surface area contributed by atoms with Crippen LogP contribution in [0, 0.1) is 0 Å². The van der Waals surface area contributed by atoms with Gasteiger partial charge in [-0.2, -0.15) is 0 Å². The van der Waals surface area contributed by atoms with E-state index in [4.69, 9.17) is 0 Å². The molecule has 1 aromatic heterocycles. The molecule has 0 aliphatic rings. The molecule has 4 heteroatoms. The molecule has 2 aromatic carbocycles. The van der Waals surface area contributed by atoms with Crippen molar-refractivity contribution < 1.29 is 9.59 Å². The van der Waals surface area contributed by atoms with Crippen molar-refractivity contribution in [2.75, 3.05) is 5.32 Å². The summed E-state index contributed by atoms with van der Waals surface area (Å²) in [6.45, 7) is 0. The normalized spacial score (nSPS) is 10.2. The molecule has 0 atom stereocenters. The van der Waals surface area contributed by atoms with Crippen molar-refractivity contribution in [3.63, 3.8) is 0 Å².